The van der Waals surface area contributed by atoms with Crippen molar-refractivity contribution in [1.82, 2.24) is 10.6 Å². The van der Waals surface area contributed by atoms with Crippen LogP contribution in [-0.4, -0.2) is 51.2 Å². The molecule has 0 bridgehead atoms. The van der Waals surface area contributed by atoms with E-state index in [-0.39, 0.29) is 18.8 Å². The van der Waals surface area contributed by atoms with E-state index in [2.05, 4.69) is 10.6 Å². The molecule has 7 N–H and O–H groups in total. The number of aromatic hydroxyl groups is 1. The summed E-state index contributed by atoms with van der Waals surface area (Å²) < 4.78 is 0. The molecule has 21 heavy (non-hydrogen) atoms. The Hall–Kier alpha value is -1.22. The number of phenolic OH excluding ortho intramolecular Hbond substituents is 1. The van der Waals surface area contributed by atoms with Crippen LogP contribution in [0.15, 0.2) is 18.2 Å². The summed E-state index contributed by atoms with van der Waals surface area (Å²) in [5.41, 5.74) is 1.72. The van der Waals surface area contributed by atoms with Crippen molar-refractivity contribution in [3.8, 4) is 5.75 Å². The van der Waals surface area contributed by atoms with Crippen molar-refractivity contribution in [1.29, 1.82) is 0 Å². The molecule has 0 spiro atoms. The van der Waals surface area contributed by atoms with Crippen LogP contribution in [-0.2, 0) is 6.42 Å². The van der Waals surface area contributed by atoms with Gasteiger partial charge in [-0.15, -0.1) is 0 Å². The predicted octanol–water partition coefficient (Wildman–Crippen LogP) is -0.856. The van der Waals surface area contributed by atoms with Crippen LogP contribution in [0.1, 0.15) is 30.6 Å². The van der Waals surface area contributed by atoms with Crippen LogP contribution >= 0.6 is 0 Å². The number of aliphatic hydroxyl groups excluding tert-OH is 2. The molecular weight excluding hydrogens is 276 g/mol. The summed E-state index contributed by atoms with van der Waals surface area (Å²) in [5.74, 6) is 0.0903. The lowest BCUT2D eigenvalue weighted by molar-refractivity contribution is -0.0463. The molecule has 0 saturated heterocycles. The van der Waals surface area contributed by atoms with E-state index < -0.39 is 18.7 Å². The standard InChI is InChI=1S/C14H24N2O5/c1-2-3-9-4-5-10(17)6-11(9)14(15-7-12(18)19)16-8-13(20)21/h4-6,12-21H,2-3,7-8H2,1H3. The molecule has 7 nitrogen and oxygen atoms in total. The number of nitrogens with one attached hydrogen (secondary N) is 2. The molecule has 0 fully saturated rings. The van der Waals surface area contributed by atoms with Crippen molar-refractivity contribution in [3.63, 3.8) is 0 Å². The van der Waals surface area contributed by atoms with E-state index in [0.29, 0.717) is 0 Å². The fraction of sp³-hybridized carbons (Fsp3) is 0.571. The van der Waals surface area contributed by atoms with Crippen molar-refractivity contribution in [2.75, 3.05) is 13.1 Å². The Morgan fingerprint density at radius 3 is 2.05 bits per heavy atom. The average Bonchev–Trinajstić information content (AvgIpc) is 2.41. The minimum absolute atomic E-state index is 0.0903. The SMILES string of the molecule is CCCc1ccc(O)cc1C(NCC(O)O)NCC(O)O. The van der Waals surface area contributed by atoms with Gasteiger partial charge in [-0.3, -0.25) is 10.6 Å². The Bertz CT molecular complexity index is 414. The second kappa shape index (κ2) is 8.93. The fourth-order valence-corrected chi connectivity index (χ4v) is 2.09. The highest BCUT2D eigenvalue weighted by Crippen LogP contribution is 2.23. The third-order valence-electron chi connectivity index (χ3n) is 2.97. The predicted molar refractivity (Wildman–Crippen MR) is 77.3 cm³/mol. The summed E-state index contributed by atoms with van der Waals surface area (Å²) in [6.07, 6.45) is -1.89. The van der Waals surface area contributed by atoms with Gasteiger partial charge in [-0.05, 0) is 29.7 Å². The molecule has 0 unspecified atom stereocenters. The summed E-state index contributed by atoms with van der Waals surface area (Å²) in [4.78, 5) is 0. The minimum atomic E-state index is -1.53. The molecule has 0 amide bonds. The lowest BCUT2D eigenvalue weighted by atomic mass is 10.00. The zero-order chi connectivity index (χ0) is 15.8. The monoisotopic (exact) mass is 300 g/mol. The second-order valence-electron chi connectivity index (χ2n) is 4.84. The van der Waals surface area contributed by atoms with Gasteiger partial charge in [0.15, 0.2) is 12.6 Å². The van der Waals surface area contributed by atoms with E-state index in [1.54, 1.807) is 18.2 Å². The molecule has 0 aliphatic carbocycles. The van der Waals surface area contributed by atoms with E-state index in [9.17, 15) is 5.11 Å². The molecule has 0 saturated carbocycles. The second-order valence-corrected chi connectivity index (χ2v) is 4.84. The number of hydrogen-bond acceptors (Lipinski definition) is 7. The van der Waals surface area contributed by atoms with Gasteiger partial charge in [-0.25, -0.2) is 0 Å². The van der Waals surface area contributed by atoms with Crippen molar-refractivity contribution >= 4 is 0 Å². The molecule has 0 aromatic heterocycles. The Kier molecular flexibility index (Phi) is 7.58. The molecule has 0 heterocycles. The first-order chi connectivity index (χ1) is 9.93. The maximum absolute atomic E-state index is 9.66. The quantitative estimate of drug-likeness (QED) is 0.296. The third-order valence-corrected chi connectivity index (χ3v) is 2.97. The zero-order valence-electron chi connectivity index (χ0n) is 12.0. The Balaban J connectivity index is 2.95. The van der Waals surface area contributed by atoms with Crippen LogP contribution in [0.2, 0.25) is 0 Å². The van der Waals surface area contributed by atoms with Gasteiger partial charge >= 0.3 is 0 Å². The van der Waals surface area contributed by atoms with Crippen LogP contribution in [0, 0.1) is 0 Å². The van der Waals surface area contributed by atoms with Gasteiger partial charge < -0.3 is 25.5 Å². The largest absolute Gasteiger partial charge is 0.508 e. The number of hydrogen-bond donors (Lipinski definition) is 7. The first-order valence-corrected chi connectivity index (χ1v) is 6.94. The maximum Gasteiger partial charge on any atom is 0.164 e. The van der Waals surface area contributed by atoms with Gasteiger partial charge in [-0.2, -0.15) is 0 Å². The van der Waals surface area contributed by atoms with Crippen molar-refractivity contribution in [2.45, 2.75) is 38.5 Å². The number of benzene rings is 1. The molecule has 1 rings (SSSR count). The zero-order valence-corrected chi connectivity index (χ0v) is 12.0. The normalized spacial score (nSPS) is 11.8. The van der Waals surface area contributed by atoms with Crippen molar-refractivity contribution in [3.05, 3.63) is 29.3 Å². The topological polar surface area (TPSA) is 125 Å². The molecule has 1 aromatic carbocycles. The van der Waals surface area contributed by atoms with Crippen LogP contribution in [0.4, 0.5) is 0 Å². The van der Waals surface area contributed by atoms with E-state index in [1.165, 1.54) is 0 Å². The van der Waals surface area contributed by atoms with Crippen molar-refractivity contribution < 1.29 is 25.5 Å². The summed E-state index contributed by atoms with van der Waals surface area (Å²) in [6, 6.07) is 4.96. The molecule has 7 heteroatoms. The van der Waals surface area contributed by atoms with E-state index in [1.807, 2.05) is 6.92 Å². The van der Waals surface area contributed by atoms with Crippen molar-refractivity contribution in [2.24, 2.45) is 0 Å². The lowest BCUT2D eigenvalue weighted by Crippen LogP contribution is -2.41. The summed E-state index contributed by atoms with van der Waals surface area (Å²) >= 11 is 0. The van der Waals surface area contributed by atoms with Gasteiger partial charge in [0.2, 0.25) is 0 Å². The van der Waals surface area contributed by atoms with Gasteiger partial charge in [0.25, 0.3) is 0 Å². The molecule has 0 aliphatic heterocycles. The Labute approximate surface area is 123 Å². The number of aliphatic hydroxyl groups is 4. The van der Waals surface area contributed by atoms with Gasteiger partial charge in [0.05, 0.1) is 6.17 Å². The Morgan fingerprint density at radius 1 is 1.00 bits per heavy atom. The highest BCUT2D eigenvalue weighted by Gasteiger charge is 2.17. The first kappa shape index (κ1) is 17.8. The summed E-state index contributed by atoms with van der Waals surface area (Å²) in [6.45, 7) is 1.84. The highest BCUT2D eigenvalue weighted by atomic mass is 16.5. The van der Waals surface area contributed by atoms with E-state index in [0.717, 1.165) is 24.0 Å². The first-order valence-electron chi connectivity index (χ1n) is 6.94. The fourth-order valence-electron chi connectivity index (χ4n) is 2.09. The summed E-state index contributed by atoms with van der Waals surface area (Å²) in [7, 11) is 0. The van der Waals surface area contributed by atoms with E-state index >= 15 is 0 Å². The molecule has 120 valence electrons. The molecular formula is C14H24N2O5. The van der Waals surface area contributed by atoms with Crippen LogP contribution in [0.5, 0.6) is 5.75 Å². The van der Waals surface area contributed by atoms with Crippen LogP contribution in [0.3, 0.4) is 0 Å². The average molecular weight is 300 g/mol. The molecule has 0 radical (unpaired) electrons. The van der Waals surface area contributed by atoms with Crippen LogP contribution in [0.25, 0.3) is 0 Å². The lowest BCUT2D eigenvalue weighted by Gasteiger charge is -2.24. The van der Waals surface area contributed by atoms with Gasteiger partial charge in [0, 0.05) is 13.1 Å². The Morgan fingerprint density at radius 2 is 1.57 bits per heavy atom. The van der Waals surface area contributed by atoms with Gasteiger partial charge in [-0.1, -0.05) is 19.4 Å². The molecule has 1 aromatic rings. The maximum atomic E-state index is 9.66. The molecule has 0 atom stereocenters. The highest BCUT2D eigenvalue weighted by molar-refractivity contribution is 5.37. The smallest absolute Gasteiger partial charge is 0.164 e. The number of phenols is 1. The molecule has 0 aliphatic rings. The minimum Gasteiger partial charge on any atom is -0.508 e. The van der Waals surface area contributed by atoms with E-state index in [4.69, 9.17) is 20.4 Å². The van der Waals surface area contributed by atoms with Crippen LogP contribution < -0.4 is 10.6 Å². The third kappa shape index (κ3) is 6.38. The number of rotatable bonds is 9. The number of aryl methyl sites for hydroxylation is 1. The van der Waals surface area contributed by atoms with Gasteiger partial charge in [0.1, 0.15) is 5.75 Å². The summed E-state index contributed by atoms with van der Waals surface area (Å²) in [5, 5.41) is 51.3.